The Balaban J connectivity index is 2.71. The van der Waals surface area contributed by atoms with Crippen LogP contribution in [-0.2, 0) is 14.7 Å². The van der Waals surface area contributed by atoms with Gasteiger partial charge in [0.05, 0.1) is 5.25 Å². The number of alkyl halides is 2. The van der Waals surface area contributed by atoms with Crippen LogP contribution in [0.2, 0.25) is 0 Å². The molecule has 11 heavy (non-hydrogen) atoms. The Bertz CT molecular complexity index is 246. The summed E-state index contributed by atoms with van der Waals surface area (Å²) in [5.74, 6) is -2.96. The van der Waals surface area contributed by atoms with Crippen molar-refractivity contribution in [3.8, 4) is 0 Å². The van der Waals surface area contributed by atoms with Crippen molar-refractivity contribution in [2.45, 2.75) is 30.4 Å². The third-order valence-electron chi connectivity index (χ3n) is 1.77. The van der Waals surface area contributed by atoms with Crippen molar-refractivity contribution in [2.75, 3.05) is 0 Å². The summed E-state index contributed by atoms with van der Waals surface area (Å²) in [5, 5.41) is -1.38. The SMILES string of the molecule is [O]S(=O)(=O)C1CCC(F)(F)C1. The molecule has 0 spiro atoms. The van der Waals surface area contributed by atoms with Crippen molar-refractivity contribution in [3.63, 3.8) is 0 Å². The van der Waals surface area contributed by atoms with E-state index in [1.165, 1.54) is 0 Å². The van der Waals surface area contributed by atoms with Crippen LogP contribution in [0.25, 0.3) is 0 Å². The highest BCUT2D eigenvalue weighted by molar-refractivity contribution is 7.86. The molecule has 1 aliphatic carbocycles. The fraction of sp³-hybridized carbons (Fsp3) is 1.00. The molecule has 0 aromatic rings. The van der Waals surface area contributed by atoms with Crippen LogP contribution in [0.4, 0.5) is 8.78 Å². The van der Waals surface area contributed by atoms with Gasteiger partial charge in [-0.2, -0.15) is 8.42 Å². The Kier molecular flexibility index (Phi) is 1.92. The minimum Gasteiger partial charge on any atom is -0.207 e. The highest BCUT2D eigenvalue weighted by Gasteiger charge is 2.45. The van der Waals surface area contributed by atoms with E-state index in [1.54, 1.807) is 0 Å². The summed E-state index contributed by atoms with van der Waals surface area (Å²) >= 11 is 0. The Morgan fingerprint density at radius 2 is 1.91 bits per heavy atom. The standard InChI is InChI=1S/C5H7F2O3S/c6-5(7)2-1-4(3-5)11(8,9)10/h4H,1-3H2. The van der Waals surface area contributed by atoms with Crippen LogP contribution >= 0.6 is 0 Å². The molecule has 3 nitrogen and oxygen atoms in total. The predicted octanol–water partition coefficient (Wildman–Crippen LogP) is 0.934. The smallest absolute Gasteiger partial charge is 0.207 e. The molecule has 0 aromatic heterocycles. The van der Waals surface area contributed by atoms with Crippen molar-refractivity contribution in [2.24, 2.45) is 0 Å². The van der Waals surface area contributed by atoms with Gasteiger partial charge in [-0.1, -0.05) is 4.55 Å². The number of rotatable bonds is 1. The first-order chi connectivity index (χ1) is 4.81. The van der Waals surface area contributed by atoms with Gasteiger partial charge in [0.15, 0.2) is 0 Å². The van der Waals surface area contributed by atoms with Gasteiger partial charge in [-0.3, -0.25) is 0 Å². The summed E-state index contributed by atoms with van der Waals surface area (Å²) in [7, 11) is -4.50. The molecule has 0 N–H and O–H groups in total. The second-order valence-corrected chi connectivity index (χ2v) is 4.37. The van der Waals surface area contributed by atoms with E-state index in [1.807, 2.05) is 0 Å². The third kappa shape index (κ3) is 2.10. The molecule has 0 aromatic carbocycles. The second-order valence-electron chi connectivity index (χ2n) is 2.71. The largest absolute Gasteiger partial charge is 0.297 e. The van der Waals surface area contributed by atoms with Crippen LogP contribution in [0.15, 0.2) is 0 Å². The fourth-order valence-electron chi connectivity index (χ4n) is 1.16. The van der Waals surface area contributed by atoms with E-state index < -0.39 is 34.1 Å². The Morgan fingerprint density at radius 3 is 2.09 bits per heavy atom. The highest BCUT2D eigenvalue weighted by atomic mass is 32.2. The van der Waals surface area contributed by atoms with Gasteiger partial charge in [0.2, 0.25) is 5.92 Å². The molecule has 1 aliphatic rings. The lowest BCUT2D eigenvalue weighted by molar-refractivity contribution is 0.00931. The Labute approximate surface area is 63.2 Å². The van der Waals surface area contributed by atoms with E-state index in [2.05, 4.69) is 0 Å². The molecule has 0 bridgehead atoms. The zero-order chi connectivity index (χ0) is 8.70. The van der Waals surface area contributed by atoms with Gasteiger partial charge in [-0.05, 0) is 6.42 Å². The summed E-state index contributed by atoms with van der Waals surface area (Å²) in [5.41, 5.74) is 0. The molecule has 1 rings (SSSR count). The quantitative estimate of drug-likeness (QED) is 0.610. The maximum absolute atomic E-state index is 12.3. The van der Waals surface area contributed by atoms with Crippen LogP contribution in [0.5, 0.6) is 0 Å². The molecule has 1 radical (unpaired) electrons. The van der Waals surface area contributed by atoms with E-state index in [-0.39, 0.29) is 6.42 Å². The number of hydrogen-bond donors (Lipinski definition) is 0. The van der Waals surface area contributed by atoms with Gasteiger partial charge < -0.3 is 0 Å². The lowest BCUT2D eigenvalue weighted by Gasteiger charge is -2.05. The first-order valence-corrected chi connectivity index (χ1v) is 4.61. The maximum Gasteiger partial charge on any atom is 0.297 e. The molecule has 0 saturated heterocycles. The van der Waals surface area contributed by atoms with Crippen LogP contribution in [0.1, 0.15) is 19.3 Å². The number of halogens is 2. The van der Waals surface area contributed by atoms with E-state index in [0.29, 0.717) is 0 Å². The summed E-state index contributed by atoms with van der Waals surface area (Å²) in [6.07, 6.45) is -1.50. The lowest BCUT2D eigenvalue weighted by Crippen LogP contribution is -2.18. The van der Waals surface area contributed by atoms with E-state index >= 15 is 0 Å². The van der Waals surface area contributed by atoms with Crippen LogP contribution < -0.4 is 0 Å². The summed E-state index contributed by atoms with van der Waals surface area (Å²) in [4.78, 5) is 0. The average molecular weight is 185 g/mol. The minimum absolute atomic E-state index is 0.209. The third-order valence-corrected chi connectivity index (χ3v) is 2.99. The molecule has 1 unspecified atom stereocenters. The molecule has 65 valence electrons. The highest BCUT2D eigenvalue weighted by Crippen LogP contribution is 2.37. The predicted molar refractivity (Wildman–Crippen MR) is 32.2 cm³/mol. The zero-order valence-corrected chi connectivity index (χ0v) is 6.40. The molecule has 0 amide bonds. The van der Waals surface area contributed by atoms with Crippen molar-refractivity contribution in [1.29, 1.82) is 0 Å². The van der Waals surface area contributed by atoms with Crippen molar-refractivity contribution >= 4 is 10.1 Å². The lowest BCUT2D eigenvalue weighted by atomic mass is 10.3. The van der Waals surface area contributed by atoms with E-state index in [4.69, 9.17) is 0 Å². The number of hydrogen-bond acceptors (Lipinski definition) is 2. The molecule has 0 heterocycles. The van der Waals surface area contributed by atoms with Gasteiger partial charge in [-0.25, -0.2) is 8.78 Å². The summed E-state index contributed by atoms with van der Waals surface area (Å²) in [6, 6.07) is 0. The minimum atomic E-state index is -4.50. The molecule has 1 atom stereocenters. The van der Waals surface area contributed by atoms with Gasteiger partial charge in [0.25, 0.3) is 10.1 Å². The van der Waals surface area contributed by atoms with Gasteiger partial charge in [0, 0.05) is 12.8 Å². The average Bonchev–Trinajstić information content (AvgIpc) is 2.07. The molecule has 1 fully saturated rings. The van der Waals surface area contributed by atoms with Crippen molar-refractivity contribution < 1.29 is 21.8 Å². The molecular formula is C5H7F2O3S. The topological polar surface area (TPSA) is 54.0 Å². The van der Waals surface area contributed by atoms with Gasteiger partial charge in [0.1, 0.15) is 0 Å². The fourth-order valence-corrected chi connectivity index (χ4v) is 2.01. The van der Waals surface area contributed by atoms with Crippen LogP contribution in [0, 0.1) is 0 Å². The zero-order valence-electron chi connectivity index (χ0n) is 5.59. The normalized spacial score (nSPS) is 30.6. The van der Waals surface area contributed by atoms with Crippen LogP contribution in [0.3, 0.4) is 0 Å². The second kappa shape index (κ2) is 2.38. The van der Waals surface area contributed by atoms with Crippen LogP contribution in [-0.4, -0.2) is 19.6 Å². The van der Waals surface area contributed by atoms with Crippen molar-refractivity contribution in [3.05, 3.63) is 0 Å². The monoisotopic (exact) mass is 185 g/mol. The summed E-state index contributed by atoms with van der Waals surface area (Å²) < 4.78 is 55.3. The van der Waals surface area contributed by atoms with E-state index in [9.17, 15) is 21.8 Å². The molecule has 0 aliphatic heterocycles. The first kappa shape index (κ1) is 8.86. The first-order valence-electron chi connectivity index (χ1n) is 3.14. The van der Waals surface area contributed by atoms with Gasteiger partial charge >= 0.3 is 0 Å². The Hall–Kier alpha value is -0.230. The van der Waals surface area contributed by atoms with E-state index in [0.717, 1.165) is 0 Å². The Morgan fingerprint density at radius 1 is 1.36 bits per heavy atom. The maximum atomic E-state index is 12.3. The molecule has 6 heteroatoms. The summed E-state index contributed by atoms with van der Waals surface area (Å²) in [6.45, 7) is 0. The molecule has 1 saturated carbocycles. The molecular weight excluding hydrogens is 178 g/mol. The van der Waals surface area contributed by atoms with Crippen molar-refractivity contribution in [1.82, 2.24) is 0 Å². The van der Waals surface area contributed by atoms with Gasteiger partial charge in [-0.15, -0.1) is 0 Å².